The van der Waals surface area contributed by atoms with Gasteiger partial charge in [-0.05, 0) is 56.4 Å². The van der Waals surface area contributed by atoms with Crippen LogP contribution in [0.5, 0.6) is 17.5 Å². The summed E-state index contributed by atoms with van der Waals surface area (Å²) >= 11 is 1.42. The topological polar surface area (TPSA) is 118 Å². The number of carbonyl (C=O) groups excluding carboxylic acids is 1. The van der Waals surface area contributed by atoms with Gasteiger partial charge in [-0.3, -0.25) is 5.32 Å². The van der Waals surface area contributed by atoms with Gasteiger partial charge in [0.25, 0.3) is 0 Å². The number of pyridine rings is 1. The summed E-state index contributed by atoms with van der Waals surface area (Å²) in [5.74, 6) is 0.420. The number of thiazole rings is 1. The van der Waals surface area contributed by atoms with E-state index in [9.17, 15) is 4.79 Å². The van der Waals surface area contributed by atoms with Crippen LogP contribution in [0.2, 0.25) is 0 Å². The second-order valence-electron chi connectivity index (χ2n) is 9.96. The van der Waals surface area contributed by atoms with Gasteiger partial charge in [-0.2, -0.15) is 0 Å². The van der Waals surface area contributed by atoms with E-state index < -0.39 is 24.1 Å². The van der Waals surface area contributed by atoms with Crippen LogP contribution >= 0.6 is 11.3 Å². The standard InChI is InChI=1S/C30H28FN5O5S/c1-16-10-18(28-21(11-16)35-27(39-3)15-33-28)29-36-20-12-19(31)24(13-25(20)42-29)40-22-6-4-5-7-23(22)41-30(37)34-17-8-9-26(38-2)32-14-17/h8-15,22-23H,4-7H2,1-3H3,(H,34,37)/t22-,23+/m0/s1. The van der Waals surface area contributed by atoms with Crippen LogP contribution in [0, 0.1) is 12.7 Å². The average molecular weight is 590 g/mol. The van der Waals surface area contributed by atoms with Crippen molar-refractivity contribution in [3.05, 3.63) is 60.2 Å². The normalized spacial score (nSPS) is 16.8. The summed E-state index contributed by atoms with van der Waals surface area (Å²) in [5, 5.41) is 3.36. The van der Waals surface area contributed by atoms with Crippen molar-refractivity contribution in [3.63, 3.8) is 0 Å². The number of hydrogen-bond acceptors (Lipinski definition) is 10. The molecule has 0 saturated heterocycles. The predicted molar refractivity (Wildman–Crippen MR) is 157 cm³/mol. The smallest absolute Gasteiger partial charge is 0.412 e. The molecule has 5 aromatic rings. The molecule has 1 aliphatic carbocycles. The molecule has 0 spiro atoms. The van der Waals surface area contributed by atoms with E-state index in [1.807, 2.05) is 19.1 Å². The van der Waals surface area contributed by atoms with E-state index in [4.69, 9.17) is 23.9 Å². The van der Waals surface area contributed by atoms with Gasteiger partial charge in [0.2, 0.25) is 11.8 Å². The minimum absolute atomic E-state index is 0.0941. The van der Waals surface area contributed by atoms with Crippen LogP contribution < -0.4 is 19.5 Å². The first-order chi connectivity index (χ1) is 20.4. The molecule has 1 aliphatic rings. The Kier molecular flexibility index (Phi) is 7.70. The summed E-state index contributed by atoms with van der Waals surface area (Å²) in [5.41, 5.74) is 4.16. The number of halogens is 1. The number of carbonyl (C=O) groups is 1. The molecule has 42 heavy (non-hydrogen) atoms. The number of hydrogen-bond donors (Lipinski definition) is 1. The maximum atomic E-state index is 15.3. The van der Waals surface area contributed by atoms with E-state index in [1.165, 1.54) is 30.7 Å². The number of nitrogens with zero attached hydrogens (tertiary/aromatic N) is 4. The molecule has 1 fully saturated rings. The number of nitrogens with one attached hydrogen (secondary N) is 1. The van der Waals surface area contributed by atoms with Gasteiger partial charge in [-0.15, -0.1) is 11.3 Å². The van der Waals surface area contributed by atoms with Crippen molar-refractivity contribution < 1.29 is 28.1 Å². The Morgan fingerprint density at radius 2 is 1.76 bits per heavy atom. The molecule has 2 atom stereocenters. The van der Waals surface area contributed by atoms with Gasteiger partial charge in [-0.25, -0.2) is 29.1 Å². The summed E-state index contributed by atoms with van der Waals surface area (Å²) in [6, 6.07) is 10.3. The van der Waals surface area contributed by atoms with Gasteiger partial charge >= 0.3 is 6.09 Å². The van der Waals surface area contributed by atoms with E-state index in [0.29, 0.717) is 51.8 Å². The molecule has 216 valence electrons. The second kappa shape index (κ2) is 11.7. The Balaban J connectivity index is 1.22. The summed E-state index contributed by atoms with van der Waals surface area (Å²) < 4.78 is 38.2. The average Bonchev–Trinajstić information content (AvgIpc) is 3.40. The molecule has 1 amide bonds. The van der Waals surface area contributed by atoms with Crippen molar-refractivity contribution in [1.82, 2.24) is 19.9 Å². The van der Waals surface area contributed by atoms with E-state index in [-0.39, 0.29) is 5.75 Å². The molecular weight excluding hydrogens is 561 g/mol. The molecular formula is C30H28FN5O5S. The molecule has 6 rings (SSSR count). The monoisotopic (exact) mass is 589 g/mol. The number of benzene rings is 2. The number of amides is 1. The Morgan fingerprint density at radius 3 is 2.52 bits per heavy atom. The Hall–Kier alpha value is -4.58. The maximum absolute atomic E-state index is 15.3. The number of rotatable bonds is 7. The van der Waals surface area contributed by atoms with Gasteiger partial charge in [-0.1, -0.05) is 0 Å². The van der Waals surface area contributed by atoms with Crippen LogP contribution in [0.25, 0.3) is 31.8 Å². The van der Waals surface area contributed by atoms with Gasteiger partial charge in [0.1, 0.15) is 17.2 Å². The van der Waals surface area contributed by atoms with Crippen molar-refractivity contribution in [2.75, 3.05) is 19.5 Å². The summed E-state index contributed by atoms with van der Waals surface area (Å²) in [4.78, 5) is 30.5. The summed E-state index contributed by atoms with van der Waals surface area (Å²) in [6.07, 6.45) is 4.38. The first-order valence-electron chi connectivity index (χ1n) is 13.5. The van der Waals surface area contributed by atoms with Crippen LogP contribution in [0.15, 0.2) is 48.8 Å². The zero-order valence-electron chi connectivity index (χ0n) is 23.2. The van der Waals surface area contributed by atoms with E-state index in [1.54, 1.807) is 31.5 Å². The number of methoxy groups -OCH3 is 2. The van der Waals surface area contributed by atoms with Gasteiger partial charge < -0.3 is 18.9 Å². The largest absolute Gasteiger partial charge is 0.483 e. The number of aromatic nitrogens is 4. The Morgan fingerprint density at radius 1 is 0.952 bits per heavy atom. The van der Waals surface area contributed by atoms with Crippen molar-refractivity contribution in [2.24, 2.45) is 0 Å². The Labute approximate surface area is 244 Å². The lowest BCUT2D eigenvalue weighted by Crippen LogP contribution is -2.39. The molecule has 3 aromatic heterocycles. The number of fused-ring (bicyclic) bond motifs is 2. The molecule has 3 heterocycles. The van der Waals surface area contributed by atoms with Gasteiger partial charge in [0.05, 0.1) is 53.6 Å². The van der Waals surface area contributed by atoms with Crippen LogP contribution in [-0.2, 0) is 4.74 Å². The maximum Gasteiger partial charge on any atom is 0.412 e. The SMILES string of the molecule is COc1ccc(NC(=O)O[C@@H]2CCCC[C@@H]2Oc2cc3sc(-c4cc(C)cc5nc(OC)cnc45)nc3cc2F)cn1. The molecule has 0 unspecified atom stereocenters. The van der Waals surface area contributed by atoms with Crippen molar-refractivity contribution >= 4 is 44.4 Å². The highest BCUT2D eigenvalue weighted by Crippen LogP contribution is 2.38. The van der Waals surface area contributed by atoms with E-state index in [2.05, 4.69) is 20.3 Å². The van der Waals surface area contributed by atoms with E-state index >= 15 is 4.39 Å². The first kappa shape index (κ1) is 27.6. The van der Waals surface area contributed by atoms with Crippen LogP contribution in [0.3, 0.4) is 0 Å². The highest BCUT2D eigenvalue weighted by Gasteiger charge is 2.31. The lowest BCUT2D eigenvalue weighted by molar-refractivity contribution is -0.00440. The quantitative estimate of drug-likeness (QED) is 0.221. The second-order valence-corrected chi connectivity index (χ2v) is 11.0. The minimum atomic E-state index is -0.628. The third-order valence-corrected chi connectivity index (χ3v) is 8.07. The zero-order valence-corrected chi connectivity index (χ0v) is 24.0. The lowest BCUT2D eigenvalue weighted by Gasteiger charge is -2.31. The van der Waals surface area contributed by atoms with Gasteiger partial charge in [0.15, 0.2) is 11.6 Å². The van der Waals surface area contributed by atoms with Crippen LogP contribution in [-0.4, -0.2) is 52.5 Å². The molecule has 10 nitrogen and oxygen atoms in total. The van der Waals surface area contributed by atoms with Crippen LogP contribution in [0.4, 0.5) is 14.9 Å². The third-order valence-electron chi connectivity index (χ3n) is 7.02. The summed E-state index contributed by atoms with van der Waals surface area (Å²) in [7, 11) is 3.06. The molecule has 1 saturated carbocycles. The zero-order chi connectivity index (χ0) is 29.2. The van der Waals surface area contributed by atoms with Crippen LogP contribution in [0.1, 0.15) is 31.2 Å². The van der Waals surface area contributed by atoms with Crippen molar-refractivity contribution in [1.29, 1.82) is 0 Å². The minimum Gasteiger partial charge on any atom is -0.483 e. The fourth-order valence-electron chi connectivity index (χ4n) is 5.00. The van der Waals surface area contributed by atoms with Crippen molar-refractivity contribution in [2.45, 2.75) is 44.8 Å². The molecule has 1 N–H and O–H groups in total. The Bertz CT molecular complexity index is 1760. The molecule has 2 aromatic carbocycles. The third kappa shape index (κ3) is 5.75. The number of ether oxygens (including phenoxy) is 4. The molecule has 0 bridgehead atoms. The lowest BCUT2D eigenvalue weighted by atomic mass is 9.94. The van der Waals surface area contributed by atoms with Crippen molar-refractivity contribution in [3.8, 4) is 28.1 Å². The fraction of sp³-hybridized carbons (Fsp3) is 0.300. The van der Waals surface area contributed by atoms with E-state index in [0.717, 1.165) is 28.7 Å². The highest BCUT2D eigenvalue weighted by molar-refractivity contribution is 7.21. The molecule has 0 aliphatic heterocycles. The molecule has 12 heteroatoms. The highest BCUT2D eigenvalue weighted by atomic mass is 32.1. The summed E-state index contributed by atoms with van der Waals surface area (Å²) in [6.45, 7) is 1.97. The fourth-order valence-corrected chi connectivity index (χ4v) is 5.99. The molecule has 0 radical (unpaired) electrons. The predicted octanol–water partition coefficient (Wildman–Crippen LogP) is 6.70. The number of aryl methyl sites for hydroxylation is 1. The first-order valence-corrected chi connectivity index (χ1v) is 14.3. The number of anilines is 1. The van der Waals surface area contributed by atoms with Gasteiger partial charge in [0, 0.05) is 23.8 Å².